The first-order valence-electron chi connectivity index (χ1n) is 8.75. The van der Waals surface area contributed by atoms with Crippen LogP contribution in [0.1, 0.15) is 26.8 Å². The second-order valence-electron chi connectivity index (χ2n) is 6.82. The van der Waals surface area contributed by atoms with Gasteiger partial charge in [-0.3, -0.25) is 9.59 Å². The number of nitrogens with one attached hydrogen (secondary N) is 2. The van der Waals surface area contributed by atoms with Gasteiger partial charge in [-0.2, -0.15) is 0 Å². The summed E-state index contributed by atoms with van der Waals surface area (Å²) in [6.45, 7) is 1.90. The molecule has 3 amide bonds. The molecule has 2 aliphatic heterocycles. The van der Waals surface area contributed by atoms with E-state index >= 15 is 0 Å². The van der Waals surface area contributed by atoms with Gasteiger partial charge < -0.3 is 30.6 Å². The van der Waals surface area contributed by atoms with E-state index in [0.29, 0.717) is 13.0 Å². The van der Waals surface area contributed by atoms with Crippen LogP contribution in [-0.4, -0.2) is 88.3 Å². The highest BCUT2D eigenvalue weighted by Crippen LogP contribution is 2.24. The first-order chi connectivity index (χ1) is 12.8. The molecule has 11 heteroatoms. The third-order valence-corrected chi connectivity index (χ3v) is 5.73. The van der Waals surface area contributed by atoms with Crippen molar-refractivity contribution in [3.05, 3.63) is 15.6 Å². The van der Waals surface area contributed by atoms with E-state index in [-0.39, 0.29) is 18.1 Å². The number of thiazole rings is 1. The van der Waals surface area contributed by atoms with E-state index in [4.69, 9.17) is 5.11 Å². The van der Waals surface area contributed by atoms with Crippen LogP contribution in [-0.2, 0) is 17.8 Å². The van der Waals surface area contributed by atoms with Crippen molar-refractivity contribution < 1.29 is 24.6 Å². The maximum absolute atomic E-state index is 12.7. The monoisotopic (exact) mass is 397 g/mol. The largest absolute Gasteiger partial charge is 0.465 e. The number of fused-ring (bicyclic) bond motifs is 1. The number of hydrogen-bond acceptors (Lipinski definition) is 7. The lowest BCUT2D eigenvalue weighted by Crippen LogP contribution is -2.53. The second kappa shape index (κ2) is 8.19. The molecule has 1 fully saturated rings. The average molecular weight is 397 g/mol. The minimum Gasteiger partial charge on any atom is -0.465 e. The molecule has 0 saturated carbocycles. The molecule has 0 radical (unpaired) electrons. The van der Waals surface area contributed by atoms with Crippen molar-refractivity contribution in [2.24, 2.45) is 0 Å². The van der Waals surface area contributed by atoms with Gasteiger partial charge in [0, 0.05) is 37.5 Å². The van der Waals surface area contributed by atoms with Gasteiger partial charge in [-0.15, -0.1) is 11.3 Å². The summed E-state index contributed by atoms with van der Waals surface area (Å²) in [6, 6.07) is -1.05. The van der Waals surface area contributed by atoms with E-state index in [2.05, 4.69) is 20.5 Å². The molecular weight excluding hydrogens is 374 g/mol. The zero-order chi connectivity index (χ0) is 19.6. The smallest absolute Gasteiger partial charge is 0.404 e. The van der Waals surface area contributed by atoms with Crippen LogP contribution in [0.3, 0.4) is 0 Å². The van der Waals surface area contributed by atoms with Gasteiger partial charge >= 0.3 is 6.09 Å². The number of amides is 3. The Bertz CT molecular complexity index is 739. The number of carboxylic acid groups (broad SMARTS) is 1. The van der Waals surface area contributed by atoms with Gasteiger partial charge in [0.25, 0.3) is 5.91 Å². The highest BCUT2D eigenvalue weighted by Gasteiger charge is 2.32. The van der Waals surface area contributed by atoms with Gasteiger partial charge in [-0.25, -0.2) is 9.78 Å². The predicted octanol–water partition coefficient (Wildman–Crippen LogP) is -0.910. The van der Waals surface area contributed by atoms with Crippen LogP contribution in [0.4, 0.5) is 4.79 Å². The zero-order valence-corrected chi connectivity index (χ0v) is 15.8. The molecule has 1 aromatic rings. The van der Waals surface area contributed by atoms with Gasteiger partial charge in [0.2, 0.25) is 5.91 Å². The second-order valence-corrected chi connectivity index (χ2v) is 7.90. The van der Waals surface area contributed by atoms with Crippen LogP contribution in [0, 0.1) is 0 Å². The third-order valence-electron chi connectivity index (χ3n) is 4.65. The number of nitrogens with zero attached hydrogens (tertiary/aromatic N) is 3. The SMILES string of the molecule is CN1CCc2nc(C(=O)NC(CNC(=O)O)C(=O)N3CC[C@@H](O)C3)sc2C1. The molecule has 1 saturated heterocycles. The van der Waals surface area contributed by atoms with Gasteiger partial charge in [0.1, 0.15) is 6.04 Å². The zero-order valence-electron chi connectivity index (χ0n) is 15.0. The third kappa shape index (κ3) is 4.73. The molecule has 148 valence electrons. The normalized spacial score (nSPS) is 20.8. The first kappa shape index (κ1) is 19.5. The number of carbonyl (C=O) groups is 3. The number of aliphatic hydroxyl groups is 1. The Balaban J connectivity index is 1.70. The van der Waals surface area contributed by atoms with E-state index in [1.165, 1.54) is 16.2 Å². The van der Waals surface area contributed by atoms with E-state index in [1.54, 1.807) is 0 Å². The van der Waals surface area contributed by atoms with Gasteiger partial charge in [-0.05, 0) is 13.5 Å². The highest BCUT2D eigenvalue weighted by molar-refractivity contribution is 7.13. The number of carbonyl (C=O) groups excluding carboxylic acids is 2. The van der Waals surface area contributed by atoms with E-state index < -0.39 is 30.1 Å². The quantitative estimate of drug-likeness (QED) is 0.505. The number of aliphatic hydroxyl groups excluding tert-OH is 1. The summed E-state index contributed by atoms with van der Waals surface area (Å²) in [7, 11) is 2.00. The summed E-state index contributed by atoms with van der Waals surface area (Å²) in [5, 5.41) is 23.5. The fourth-order valence-electron chi connectivity index (χ4n) is 3.19. The molecule has 4 N–H and O–H groups in total. The highest BCUT2D eigenvalue weighted by atomic mass is 32.1. The lowest BCUT2D eigenvalue weighted by molar-refractivity contribution is -0.132. The van der Waals surface area contributed by atoms with Crippen molar-refractivity contribution in [3.63, 3.8) is 0 Å². The predicted molar refractivity (Wildman–Crippen MR) is 96.6 cm³/mol. The minimum absolute atomic E-state index is 0.177. The standard InChI is InChI=1S/C16H23N5O5S/c1-20-4-3-10-12(8-20)27-14(19-10)13(23)18-11(6-17-16(25)26)15(24)21-5-2-9(22)7-21/h9,11,17,22H,2-8H2,1H3,(H,18,23)(H,25,26)/t9-,11?/m1/s1. The molecular formula is C16H23N5O5S. The lowest BCUT2D eigenvalue weighted by Gasteiger charge is -2.23. The van der Waals surface area contributed by atoms with Crippen LogP contribution in [0.5, 0.6) is 0 Å². The molecule has 0 spiro atoms. The van der Waals surface area contributed by atoms with Crippen molar-refractivity contribution >= 4 is 29.2 Å². The molecule has 1 unspecified atom stereocenters. The molecule has 27 heavy (non-hydrogen) atoms. The molecule has 3 heterocycles. The summed E-state index contributed by atoms with van der Waals surface area (Å²) in [4.78, 5) is 45.1. The summed E-state index contributed by atoms with van der Waals surface area (Å²) in [5.41, 5.74) is 0.900. The number of likely N-dealkylation sites (tertiary alicyclic amines) is 1. The number of aromatic nitrogens is 1. The Labute approximate surface area is 160 Å². The van der Waals surface area contributed by atoms with Crippen LogP contribution in [0.15, 0.2) is 0 Å². The van der Waals surface area contributed by atoms with Crippen LogP contribution < -0.4 is 10.6 Å². The molecule has 3 rings (SSSR count). The van der Waals surface area contributed by atoms with Crippen molar-refractivity contribution in [2.45, 2.75) is 31.5 Å². The maximum Gasteiger partial charge on any atom is 0.404 e. The summed E-state index contributed by atoms with van der Waals surface area (Å²) < 4.78 is 0. The van der Waals surface area contributed by atoms with Crippen LogP contribution in [0.2, 0.25) is 0 Å². The summed E-state index contributed by atoms with van der Waals surface area (Å²) >= 11 is 1.29. The number of hydrogen-bond donors (Lipinski definition) is 4. The van der Waals surface area contributed by atoms with Crippen LogP contribution >= 0.6 is 11.3 Å². The Hall–Kier alpha value is -2.24. The Morgan fingerprint density at radius 1 is 1.37 bits per heavy atom. The average Bonchev–Trinajstić information content (AvgIpc) is 3.23. The van der Waals surface area contributed by atoms with Crippen molar-refractivity contribution in [2.75, 3.05) is 33.2 Å². The summed E-state index contributed by atoms with van der Waals surface area (Å²) in [5.74, 6) is -0.919. The molecule has 1 aromatic heterocycles. The topological polar surface area (TPSA) is 135 Å². The van der Waals surface area contributed by atoms with Crippen molar-refractivity contribution in [1.82, 2.24) is 25.4 Å². The Morgan fingerprint density at radius 3 is 2.81 bits per heavy atom. The van der Waals surface area contributed by atoms with E-state index in [0.717, 1.165) is 30.1 Å². The minimum atomic E-state index is -1.28. The number of β-amino-alcohol motifs (C(OH)–C–C–N with tert-alkyl or cyclic N) is 1. The van der Waals surface area contributed by atoms with E-state index in [1.807, 2.05) is 7.05 Å². The van der Waals surface area contributed by atoms with Gasteiger partial charge in [0.15, 0.2) is 5.01 Å². The Morgan fingerprint density at radius 2 is 2.15 bits per heavy atom. The molecule has 0 aromatic carbocycles. The fraction of sp³-hybridized carbons (Fsp3) is 0.625. The number of likely N-dealkylation sites (N-methyl/N-ethyl adjacent to an activating group) is 1. The fourth-order valence-corrected chi connectivity index (χ4v) is 4.28. The van der Waals surface area contributed by atoms with E-state index in [9.17, 15) is 19.5 Å². The first-order valence-corrected chi connectivity index (χ1v) is 9.56. The lowest BCUT2D eigenvalue weighted by atomic mass is 10.2. The van der Waals surface area contributed by atoms with Crippen molar-refractivity contribution in [3.8, 4) is 0 Å². The molecule has 2 aliphatic rings. The summed E-state index contributed by atoms with van der Waals surface area (Å²) in [6.07, 6.45) is -0.646. The Kier molecular flexibility index (Phi) is 5.92. The molecule has 10 nitrogen and oxygen atoms in total. The van der Waals surface area contributed by atoms with Crippen LogP contribution in [0.25, 0.3) is 0 Å². The molecule has 2 atom stereocenters. The molecule has 0 aliphatic carbocycles. The number of rotatable bonds is 5. The maximum atomic E-state index is 12.7. The molecule has 0 bridgehead atoms. The van der Waals surface area contributed by atoms with Gasteiger partial charge in [0.05, 0.1) is 18.3 Å². The van der Waals surface area contributed by atoms with Gasteiger partial charge in [-0.1, -0.05) is 0 Å². The van der Waals surface area contributed by atoms with Crippen molar-refractivity contribution in [1.29, 1.82) is 0 Å².